The minimum atomic E-state index is 0. The Morgan fingerprint density at radius 2 is 2.12 bits per heavy atom. The maximum Gasteiger partial charge on any atom is 0.191 e. The van der Waals surface area contributed by atoms with Gasteiger partial charge in [0.05, 0.1) is 6.54 Å². The highest BCUT2D eigenvalue weighted by Gasteiger charge is 2.36. The molecule has 0 amide bonds. The standard InChI is InChI=1S/C18H29N3O2.HI/c1-3-19-17(20-13-15-6-4-7-16(22)12-15)21-14-18(8-5-9-18)10-11-23-2;/h4,6-7,12,22H,3,5,8-11,13-14H2,1-2H3,(H2,19,20,21);1H. The van der Waals surface area contributed by atoms with E-state index in [2.05, 4.69) is 22.5 Å². The fraction of sp³-hybridized carbons (Fsp3) is 0.611. The molecule has 1 saturated carbocycles. The zero-order valence-electron chi connectivity index (χ0n) is 14.7. The summed E-state index contributed by atoms with van der Waals surface area (Å²) in [5.41, 5.74) is 1.36. The summed E-state index contributed by atoms with van der Waals surface area (Å²) in [6.45, 7) is 5.20. The lowest BCUT2D eigenvalue weighted by molar-refractivity contribution is 0.0732. The van der Waals surface area contributed by atoms with Gasteiger partial charge in [-0.05, 0) is 49.3 Å². The van der Waals surface area contributed by atoms with Crippen LogP contribution in [0.15, 0.2) is 29.3 Å². The van der Waals surface area contributed by atoms with E-state index in [1.165, 1.54) is 19.3 Å². The topological polar surface area (TPSA) is 65.9 Å². The molecule has 24 heavy (non-hydrogen) atoms. The van der Waals surface area contributed by atoms with Gasteiger partial charge in [0.1, 0.15) is 5.75 Å². The Morgan fingerprint density at radius 3 is 2.71 bits per heavy atom. The van der Waals surface area contributed by atoms with Crippen molar-refractivity contribution in [1.82, 2.24) is 10.6 Å². The first-order valence-electron chi connectivity index (χ1n) is 8.46. The van der Waals surface area contributed by atoms with Gasteiger partial charge in [0.2, 0.25) is 0 Å². The van der Waals surface area contributed by atoms with Crippen molar-refractivity contribution in [3.05, 3.63) is 29.8 Å². The Kier molecular flexibility index (Phi) is 9.43. The fourth-order valence-corrected chi connectivity index (χ4v) is 2.95. The monoisotopic (exact) mass is 447 g/mol. The lowest BCUT2D eigenvalue weighted by Crippen LogP contribution is -2.46. The van der Waals surface area contributed by atoms with Crippen LogP contribution >= 0.6 is 24.0 Å². The van der Waals surface area contributed by atoms with E-state index >= 15 is 0 Å². The molecule has 1 aliphatic rings. The molecular weight excluding hydrogens is 417 g/mol. The molecule has 0 spiro atoms. The maximum atomic E-state index is 9.52. The quantitative estimate of drug-likeness (QED) is 0.325. The SMILES string of the molecule is CCNC(=NCc1cccc(O)c1)NCC1(CCOC)CCC1.I. The molecule has 0 saturated heterocycles. The molecular formula is C18H30IN3O2. The number of hydrogen-bond donors (Lipinski definition) is 3. The van der Waals surface area contributed by atoms with E-state index < -0.39 is 0 Å². The molecule has 0 heterocycles. The van der Waals surface area contributed by atoms with E-state index in [0.717, 1.165) is 37.6 Å². The molecule has 0 bridgehead atoms. The third-order valence-electron chi connectivity index (χ3n) is 4.56. The number of phenols is 1. The minimum absolute atomic E-state index is 0. The molecule has 1 aromatic carbocycles. The molecule has 3 N–H and O–H groups in total. The van der Waals surface area contributed by atoms with E-state index in [-0.39, 0.29) is 29.7 Å². The smallest absolute Gasteiger partial charge is 0.191 e. The average Bonchev–Trinajstić information content (AvgIpc) is 2.51. The molecule has 0 aromatic heterocycles. The zero-order valence-corrected chi connectivity index (χ0v) is 17.0. The first-order chi connectivity index (χ1) is 11.2. The summed E-state index contributed by atoms with van der Waals surface area (Å²) < 4.78 is 5.25. The number of nitrogens with one attached hydrogen (secondary N) is 2. The normalized spacial score (nSPS) is 16.0. The van der Waals surface area contributed by atoms with Crippen LogP contribution in [0, 0.1) is 5.41 Å². The number of methoxy groups -OCH3 is 1. The van der Waals surface area contributed by atoms with Crippen molar-refractivity contribution in [1.29, 1.82) is 0 Å². The van der Waals surface area contributed by atoms with Crippen LogP contribution in [0.3, 0.4) is 0 Å². The summed E-state index contributed by atoms with van der Waals surface area (Å²) in [4.78, 5) is 4.62. The van der Waals surface area contributed by atoms with Gasteiger partial charge < -0.3 is 20.5 Å². The van der Waals surface area contributed by atoms with Crippen LogP contribution in [0.25, 0.3) is 0 Å². The van der Waals surface area contributed by atoms with E-state index in [4.69, 9.17) is 4.74 Å². The van der Waals surface area contributed by atoms with Crippen molar-refractivity contribution < 1.29 is 9.84 Å². The van der Waals surface area contributed by atoms with Crippen LogP contribution in [0.5, 0.6) is 5.75 Å². The van der Waals surface area contributed by atoms with Crippen molar-refractivity contribution in [3.8, 4) is 5.75 Å². The second-order valence-electron chi connectivity index (χ2n) is 6.31. The summed E-state index contributed by atoms with van der Waals surface area (Å²) in [5.74, 6) is 1.11. The highest BCUT2D eigenvalue weighted by molar-refractivity contribution is 14.0. The van der Waals surface area contributed by atoms with Crippen LogP contribution in [0.4, 0.5) is 0 Å². The molecule has 136 valence electrons. The average molecular weight is 447 g/mol. The second-order valence-corrected chi connectivity index (χ2v) is 6.31. The van der Waals surface area contributed by atoms with Crippen molar-refractivity contribution in [2.24, 2.45) is 10.4 Å². The Hall–Kier alpha value is -1.02. The van der Waals surface area contributed by atoms with Crippen molar-refractivity contribution >= 4 is 29.9 Å². The number of rotatable bonds is 8. The predicted octanol–water partition coefficient (Wildman–Crippen LogP) is 3.27. The molecule has 0 radical (unpaired) electrons. The Balaban J connectivity index is 0.00000288. The number of guanidine groups is 1. The predicted molar refractivity (Wildman–Crippen MR) is 109 cm³/mol. The third kappa shape index (κ3) is 6.47. The fourth-order valence-electron chi connectivity index (χ4n) is 2.95. The largest absolute Gasteiger partial charge is 0.508 e. The Labute approximate surface area is 162 Å². The molecule has 2 rings (SSSR count). The number of halogens is 1. The van der Waals surface area contributed by atoms with Crippen molar-refractivity contribution in [3.63, 3.8) is 0 Å². The van der Waals surface area contributed by atoms with Gasteiger partial charge in [0.15, 0.2) is 5.96 Å². The molecule has 0 unspecified atom stereocenters. The van der Waals surface area contributed by atoms with Gasteiger partial charge in [-0.25, -0.2) is 4.99 Å². The first-order valence-corrected chi connectivity index (χ1v) is 8.46. The maximum absolute atomic E-state index is 9.52. The van der Waals surface area contributed by atoms with Gasteiger partial charge in [-0.2, -0.15) is 0 Å². The summed E-state index contributed by atoms with van der Waals surface area (Å²) in [5, 5.41) is 16.3. The highest BCUT2D eigenvalue weighted by atomic mass is 127. The molecule has 1 fully saturated rings. The lowest BCUT2D eigenvalue weighted by atomic mass is 9.67. The molecule has 1 aromatic rings. The zero-order chi connectivity index (χ0) is 16.5. The Morgan fingerprint density at radius 1 is 1.33 bits per heavy atom. The molecule has 1 aliphatic carbocycles. The first kappa shape index (κ1) is 21.0. The molecule has 5 nitrogen and oxygen atoms in total. The second kappa shape index (κ2) is 10.8. The summed E-state index contributed by atoms with van der Waals surface area (Å²) in [6, 6.07) is 7.24. The molecule has 0 atom stereocenters. The summed E-state index contributed by atoms with van der Waals surface area (Å²) in [6.07, 6.45) is 4.93. The minimum Gasteiger partial charge on any atom is -0.508 e. The highest BCUT2D eigenvalue weighted by Crippen LogP contribution is 2.43. The van der Waals surface area contributed by atoms with Crippen molar-refractivity contribution in [2.45, 2.75) is 39.2 Å². The third-order valence-corrected chi connectivity index (χ3v) is 4.56. The van der Waals surface area contributed by atoms with E-state index in [1.54, 1.807) is 19.2 Å². The van der Waals surface area contributed by atoms with E-state index in [1.807, 2.05) is 12.1 Å². The number of nitrogens with zero attached hydrogens (tertiary/aromatic N) is 1. The number of phenolic OH excluding ortho intramolecular Hbond substituents is 1. The summed E-state index contributed by atoms with van der Waals surface area (Å²) >= 11 is 0. The molecule has 6 heteroatoms. The van der Waals surface area contributed by atoms with Crippen LogP contribution in [0.2, 0.25) is 0 Å². The number of hydrogen-bond acceptors (Lipinski definition) is 3. The van der Waals surface area contributed by atoms with Gasteiger partial charge in [0, 0.05) is 26.8 Å². The summed E-state index contributed by atoms with van der Waals surface area (Å²) in [7, 11) is 1.76. The van der Waals surface area contributed by atoms with Gasteiger partial charge in [-0.1, -0.05) is 18.6 Å². The van der Waals surface area contributed by atoms with Crippen LogP contribution in [-0.4, -0.2) is 37.9 Å². The Bertz CT molecular complexity index is 519. The van der Waals surface area contributed by atoms with E-state index in [9.17, 15) is 5.11 Å². The number of ether oxygens (including phenoxy) is 1. The van der Waals surface area contributed by atoms with Crippen LogP contribution < -0.4 is 10.6 Å². The van der Waals surface area contributed by atoms with Crippen LogP contribution in [0.1, 0.15) is 38.2 Å². The number of aliphatic imine (C=N–C) groups is 1. The van der Waals surface area contributed by atoms with Crippen molar-refractivity contribution in [2.75, 3.05) is 26.8 Å². The van der Waals surface area contributed by atoms with Gasteiger partial charge >= 0.3 is 0 Å². The number of benzene rings is 1. The van der Waals surface area contributed by atoms with Crippen LogP contribution in [-0.2, 0) is 11.3 Å². The van der Waals surface area contributed by atoms with Gasteiger partial charge in [-0.15, -0.1) is 24.0 Å². The number of aromatic hydroxyl groups is 1. The van der Waals surface area contributed by atoms with Gasteiger partial charge in [-0.3, -0.25) is 0 Å². The lowest BCUT2D eigenvalue weighted by Gasteiger charge is -2.42. The van der Waals surface area contributed by atoms with E-state index in [0.29, 0.717) is 12.0 Å². The van der Waals surface area contributed by atoms with Gasteiger partial charge in [0.25, 0.3) is 0 Å². The molecule has 0 aliphatic heterocycles.